The molecule has 0 spiro atoms. The summed E-state index contributed by atoms with van der Waals surface area (Å²) < 4.78 is 0. The quantitative estimate of drug-likeness (QED) is 0.598. The molecule has 1 heterocycles. The highest BCUT2D eigenvalue weighted by atomic mass is 15.7. The molecule has 0 radical (unpaired) electrons. The zero-order valence-electron chi connectivity index (χ0n) is 7.73. The van der Waals surface area contributed by atoms with Crippen LogP contribution in [0.5, 0.6) is 0 Å². The SMILES string of the molecule is CCC1=CN(C(C)(C)C)NN1. The number of hydrazine groups is 2. The maximum Gasteiger partial charge on any atom is 0.0491 e. The normalized spacial score (nSPS) is 18.2. The van der Waals surface area contributed by atoms with E-state index in [0.29, 0.717) is 0 Å². The highest BCUT2D eigenvalue weighted by Gasteiger charge is 2.21. The molecule has 0 saturated heterocycles. The monoisotopic (exact) mass is 155 g/mol. The van der Waals surface area contributed by atoms with E-state index in [1.54, 1.807) is 0 Å². The molecule has 1 aliphatic rings. The van der Waals surface area contributed by atoms with Gasteiger partial charge >= 0.3 is 0 Å². The van der Waals surface area contributed by atoms with Crippen molar-refractivity contribution in [2.75, 3.05) is 0 Å². The van der Waals surface area contributed by atoms with Gasteiger partial charge in [0.2, 0.25) is 0 Å². The second-order valence-electron chi connectivity index (χ2n) is 3.79. The number of nitrogens with zero attached hydrogens (tertiary/aromatic N) is 1. The third-order valence-electron chi connectivity index (χ3n) is 1.73. The maximum absolute atomic E-state index is 3.10. The Kier molecular flexibility index (Phi) is 2.09. The van der Waals surface area contributed by atoms with E-state index < -0.39 is 0 Å². The largest absolute Gasteiger partial charge is 0.306 e. The first-order valence-electron chi connectivity index (χ1n) is 4.05. The van der Waals surface area contributed by atoms with Crippen molar-refractivity contribution in [3.8, 4) is 0 Å². The van der Waals surface area contributed by atoms with Crippen molar-refractivity contribution >= 4 is 0 Å². The van der Waals surface area contributed by atoms with Gasteiger partial charge in [0.15, 0.2) is 0 Å². The molecule has 1 aliphatic heterocycles. The third kappa shape index (κ3) is 1.87. The summed E-state index contributed by atoms with van der Waals surface area (Å²) >= 11 is 0. The van der Waals surface area contributed by atoms with Crippen LogP contribution in [0.1, 0.15) is 34.1 Å². The Morgan fingerprint density at radius 3 is 2.36 bits per heavy atom. The summed E-state index contributed by atoms with van der Waals surface area (Å²) in [5.74, 6) is 0. The Balaban J connectivity index is 2.59. The van der Waals surface area contributed by atoms with Gasteiger partial charge in [-0.1, -0.05) is 6.92 Å². The van der Waals surface area contributed by atoms with Gasteiger partial charge in [0.25, 0.3) is 0 Å². The summed E-state index contributed by atoms with van der Waals surface area (Å²) in [4.78, 5) is 0. The molecular weight excluding hydrogens is 138 g/mol. The number of hydrogen-bond acceptors (Lipinski definition) is 3. The fourth-order valence-electron chi connectivity index (χ4n) is 0.893. The molecule has 0 aromatic rings. The number of allylic oxidation sites excluding steroid dienone is 1. The summed E-state index contributed by atoms with van der Waals surface area (Å²) in [5, 5.41) is 2.08. The van der Waals surface area contributed by atoms with Crippen molar-refractivity contribution in [1.29, 1.82) is 0 Å². The molecule has 0 unspecified atom stereocenters. The average molecular weight is 155 g/mol. The maximum atomic E-state index is 3.10. The van der Waals surface area contributed by atoms with Gasteiger partial charge < -0.3 is 5.43 Å². The van der Waals surface area contributed by atoms with E-state index in [1.807, 2.05) is 0 Å². The molecule has 2 N–H and O–H groups in total. The molecule has 0 amide bonds. The highest BCUT2D eigenvalue weighted by molar-refractivity contribution is 5.03. The summed E-state index contributed by atoms with van der Waals surface area (Å²) in [6.45, 7) is 8.62. The lowest BCUT2D eigenvalue weighted by Crippen LogP contribution is -2.47. The van der Waals surface area contributed by atoms with Gasteiger partial charge in [-0.2, -0.15) is 0 Å². The molecule has 0 bridgehead atoms. The summed E-state index contributed by atoms with van der Waals surface area (Å²) in [6, 6.07) is 0. The molecule has 3 heteroatoms. The van der Waals surface area contributed by atoms with Crippen molar-refractivity contribution in [2.24, 2.45) is 0 Å². The molecular formula is C8H17N3. The van der Waals surface area contributed by atoms with E-state index in [1.165, 1.54) is 5.70 Å². The van der Waals surface area contributed by atoms with Crippen molar-refractivity contribution < 1.29 is 0 Å². The Hall–Kier alpha value is -0.700. The topological polar surface area (TPSA) is 27.3 Å². The van der Waals surface area contributed by atoms with Crippen LogP contribution < -0.4 is 11.0 Å². The van der Waals surface area contributed by atoms with Crippen LogP contribution >= 0.6 is 0 Å². The first-order chi connectivity index (χ1) is 5.04. The summed E-state index contributed by atoms with van der Waals surface area (Å²) in [6.07, 6.45) is 3.15. The lowest BCUT2D eigenvalue weighted by atomic mass is 10.1. The summed E-state index contributed by atoms with van der Waals surface area (Å²) in [7, 11) is 0. The molecule has 0 aliphatic carbocycles. The van der Waals surface area contributed by atoms with Gasteiger partial charge in [-0.05, 0) is 27.2 Å². The van der Waals surface area contributed by atoms with E-state index in [-0.39, 0.29) is 5.54 Å². The predicted molar refractivity (Wildman–Crippen MR) is 46.2 cm³/mol. The Labute approximate surface area is 68.4 Å². The average Bonchev–Trinajstić information content (AvgIpc) is 2.32. The van der Waals surface area contributed by atoms with E-state index >= 15 is 0 Å². The van der Waals surface area contributed by atoms with Gasteiger partial charge in [0, 0.05) is 17.4 Å². The Morgan fingerprint density at radius 2 is 2.09 bits per heavy atom. The second kappa shape index (κ2) is 2.74. The predicted octanol–water partition coefficient (Wildman–Crippen LogP) is 1.36. The molecule has 0 aromatic heterocycles. The van der Waals surface area contributed by atoms with Gasteiger partial charge in [0.1, 0.15) is 0 Å². The van der Waals surface area contributed by atoms with Crippen LogP contribution in [0.3, 0.4) is 0 Å². The van der Waals surface area contributed by atoms with Gasteiger partial charge in [-0.25, -0.2) is 0 Å². The van der Waals surface area contributed by atoms with E-state index in [9.17, 15) is 0 Å². The first-order valence-corrected chi connectivity index (χ1v) is 4.05. The Bertz CT molecular complexity index is 167. The molecule has 1 rings (SSSR count). The molecule has 11 heavy (non-hydrogen) atoms. The van der Waals surface area contributed by atoms with Crippen LogP contribution in [-0.2, 0) is 0 Å². The van der Waals surface area contributed by atoms with Crippen molar-refractivity contribution in [3.63, 3.8) is 0 Å². The van der Waals surface area contributed by atoms with Crippen LogP contribution in [0.2, 0.25) is 0 Å². The summed E-state index contributed by atoms with van der Waals surface area (Å²) in [5.41, 5.74) is 7.57. The fourth-order valence-corrected chi connectivity index (χ4v) is 0.893. The van der Waals surface area contributed by atoms with Gasteiger partial charge in [-0.3, -0.25) is 5.01 Å². The molecule has 64 valence electrons. The van der Waals surface area contributed by atoms with E-state index in [2.05, 4.69) is 49.9 Å². The van der Waals surface area contributed by atoms with Crippen LogP contribution in [0.15, 0.2) is 11.9 Å². The van der Waals surface area contributed by atoms with Gasteiger partial charge in [0.05, 0.1) is 0 Å². The lowest BCUT2D eigenvalue weighted by Gasteiger charge is -2.30. The standard InChI is InChI=1S/C8H17N3/c1-5-7-6-11(10-9-7)8(2,3)4/h6,9-10H,5H2,1-4H3. The lowest BCUT2D eigenvalue weighted by molar-refractivity contribution is 0.138. The second-order valence-corrected chi connectivity index (χ2v) is 3.79. The Morgan fingerprint density at radius 1 is 1.45 bits per heavy atom. The highest BCUT2D eigenvalue weighted by Crippen LogP contribution is 2.15. The van der Waals surface area contributed by atoms with Crippen LogP contribution in [-0.4, -0.2) is 10.5 Å². The minimum atomic E-state index is 0.143. The minimum absolute atomic E-state index is 0.143. The number of nitrogens with one attached hydrogen (secondary N) is 2. The van der Waals surface area contributed by atoms with Crippen LogP contribution in [0.4, 0.5) is 0 Å². The molecule has 0 fully saturated rings. The fraction of sp³-hybridized carbons (Fsp3) is 0.750. The molecule has 0 saturated carbocycles. The van der Waals surface area contributed by atoms with E-state index in [0.717, 1.165) is 6.42 Å². The van der Waals surface area contributed by atoms with Crippen LogP contribution in [0.25, 0.3) is 0 Å². The van der Waals surface area contributed by atoms with Crippen molar-refractivity contribution in [1.82, 2.24) is 16.0 Å². The molecule has 0 atom stereocenters. The number of rotatable bonds is 1. The first kappa shape index (κ1) is 8.40. The third-order valence-corrected chi connectivity index (χ3v) is 1.73. The van der Waals surface area contributed by atoms with Crippen LogP contribution in [0, 0.1) is 0 Å². The zero-order chi connectivity index (χ0) is 8.48. The number of hydrogen-bond donors (Lipinski definition) is 2. The van der Waals surface area contributed by atoms with Crippen molar-refractivity contribution in [2.45, 2.75) is 39.7 Å². The smallest absolute Gasteiger partial charge is 0.0491 e. The minimum Gasteiger partial charge on any atom is -0.306 e. The van der Waals surface area contributed by atoms with Gasteiger partial charge in [-0.15, -0.1) is 5.53 Å². The zero-order valence-corrected chi connectivity index (χ0v) is 7.73. The van der Waals surface area contributed by atoms with Crippen molar-refractivity contribution in [3.05, 3.63) is 11.9 Å². The van der Waals surface area contributed by atoms with E-state index in [4.69, 9.17) is 0 Å². The molecule has 0 aromatic carbocycles. The molecule has 3 nitrogen and oxygen atoms in total.